The van der Waals surface area contributed by atoms with Gasteiger partial charge < -0.3 is 4.74 Å². The summed E-state index contributed by atoms with van der Waals surface area (Å²) < 4.78 is 5.30. The van der Waals surface area contributed by atoms with Gasteiger partial charge in [0, 0.05) is 23.3 Å². The summed E-state index contributed by atoms with van der Waals surface area (Å²) in [7, 11) is 0. The highest BCUT2D eigenvalue weighted by molar-refractivity contribution is 6.42. The lowest BCUT2D eigenvalue weighted by Gasteiger charge is -2.30. The number of hydrazine groups is 1. The molecule has 0 bridgehead atoms. The monoisotopic (exact) mass is 637 g/mol. The Morgan fingerprint density at radius 3 is 2.14 bits per heavy atom. The van der Waals surface area contributed by atoms with Gasteiger partial charge in [-0.2, -0.15) is 5.01 Å². The molecule has 3 aromatic carbocycles. The van der Waals surface area contributed by atoms with Crippen molar-refractivity contribution in [2.75, 3.05) is 6.54 Å². The second kappa shape index (κ2) is 12.6. The molecule has 13 heteroatoms. The summed E-state index contributed by atoms with van der Waals surface area (Å²) in [5, 5.41) is 12.8. The molecule has 0 spiro atoms. The fraction of sp³-hybridized carbons (Fsp3) is 0.258. The number of hydrogen-bond acceptors (Lipinski definition) is 8. The number of imide groups is 1. The van der Waals surface area contributed by atoms with Crippen molar-refractivity contribution in [1.82, 2.24) is 10.0 Å². The number of esters is 1. The predicted octanol–water partition coefficient (Wildman–Crippen LogP) is 5.78. The molecule has 2 fully saturated rings. The number of benzene rings is 3. The van der Waals surface area contributed by atoms with Gasteiger partial charge in [0.2, 0.25) is 0 Å². The topological polar surface area (TPSA) is 144 Å². The Labute approximate surface area is 261 Å². The summed E-state index contributed by atoms with van der Waals surface area (Å²) in [4.78, 5) is 76.8. The van der Waals surface area contributed by atoms with Crippen molar-refractivity contribution in [3.8, 4) is 5.75 Å². The minimum absolute atomic E-state index is 0.0320. The molecular weight excluding hydrogens is 613 g/mol. The molecule has 1 heterocycles. The van der Waals surface area contributed by atoms with Crippen LogP contribution in [0.15, 0.2) is 66.7 Å². The maximum atomic E-state index is 13.7. The third kappa shape index (κ3) is 6.20. The number of rotatable bonds is 8. The van der Waals surface area contributed by atoms with Crippen LogP contribution in [0.1, 0.15) is 57.3 Å². The molecule has 1 saturated heterocycles. The number of Topliss-reactive ketones (excluding diaryl/α,β-unsaturated/α-hetero) is 1. The SMILES string of the molecule is C[C@@H]1CC[C@@H]2C(=O)N(N(CC(=O)c3ccc(OC(=O)c4ccc([N+](=O)[O-])cc4)cc3)C(=O)c3ccc(Cl)c(Cl)c3)C(=O)[C@@H]2C1. The normalized spacial score (nSPS) is 19.3. The molecule has 226 valence electrons. The third-order valence-electron chi connectivity index (χ3n) is 7.80. The van der Waals surface area contributed by atoms with E-state index in [4.69, 9.17) is 27.9 Å². The first-order valence-electron chi connectivity index (χ1n) is 13.7. The smallest absolute Gasteiger partial charge is 0.343 e. The number of carbonyl (C=O) groups excluding carboxylic acids is 5. The number of nitro benzene ring substituents is 1. The average molecular weight is 638 g/mol. The Bertz CT molecular complexity index is 1680. The van der Waals surface area contributed by atoms with E-state index in [0.29, 0.717) is 12.8 Å². The summed E-state index contributed by atoms with van der Waals surface area (Å²) >= 11 is 12.1. The third-order valence-corrected chi connectivity index (χ3v) is 8.54. The fourth-order valence-electron chi connectivity index (χ4n) is 5.44. The van der Waals surface area contributed by atoms with Crippen molar-refractivity contribution in [1.29, 1.82) is 0 Å². The van der Waals surface area contributed by atoms with Gasteiger partial charge in [0.25, 0.3) is 23.4 Å². The second-order valence-corrected chi connectivity index (χ2v) is 11.6. The van der Waals surface area contributed by atoms with Crippen LogP contribution >= 0.6 is 23.2 Å². The molecule has 5 rings (SSSR count). The number of fused-ring (bicyclic) bond motifs is 1. The van der Waals surface area contributed by atoms with Crippen LogP contribution in [-0.4, -0.2) is 51.0 Å². The molecule has 0 N–H and O–H groups in total. The van der Waals surface area contributed by atoms with Gasteiger partial charge in [-0.15, -0.1) is 0 Å². The van der Waals surface area contributed by atoms with Gasteiger partial charge in [-0.25, -0.2) is 9.80 Å². The van der Waals surface area contributed by atoms with E-state index in [-0.39, 0.29) is 44.1 Å². The molecule has 1 saturated carbocycles. The molecular formula is C31H25Cl2N3O8. The van der Waals surface area contributed by atoms with E-state index < -0.39 is 52.8 Å². The Morgan fingerprint density at radius 1 is 0.886 bits per heavy atom. The quantitative estimate of drug-likeness (QED) is 0.0754. The Morgan fingerprint density at radius 2 is 1.50 bits per heavy atom. The van der Waals surface area contributed by atoms with E-state index in [1.165, 1.54) is 66.7 Å². The molecule has 2 aliphatic rings. The van der Waals surface area contributed by atoms with Gasteiger partial charge in [-0.05, 0) is 79.8 Å². The van der Waals surface area contributed by atoms with Crippen LogP contribution in [0.3, 0.4) is 0 Å². The van der Waals surface area contributed by atoms with Gasteiger partial charge in [0.1, 0.15) is 12.3 Å². The zero-order valence-electron chi connectivity index (χ0n) is 23.3. The van der Waals surface area contributed by atoms with E-state index in [2.05, 4.69) is 0 Å². The minimum atomic E-state index is -0.779. The highest BCUT2D eigenvalue weighted by atomic mass is 35.5. The van der Waals surface area contributed by atoms with Gasteiger partial charge in [0.15, 0.2) is 5.78 Å². The van der Waals surface area contributed by atoms with Gasteiger partial charge in [-0.1, -0.05) is 30.1 Å². The molecule has 0 radical (unpaired) electrons. The molecule has 44 heavy (non-hydrogen) atoms. The lowest BCUT2D eigenvalue weighted by molar-refractivity contribution is -0.384. The fourth-order valence-corrected chi connectivity index (χ4v) is 5.74. The van der Waals surface area contributed by atoms with E-state index in [1.807, 2.05) is 6.92 Å². The van der Waals surface area contributed by atoms with Crippen LogP contribution in [0, 0.1) is 27.9 Å². The van der Waals surface area contributed by atoms with Crippen molar-refractivity contribution in [3.05, 3.63) is 104 Å². The van der Waals surface area contributed by atoms with Crippen LogP contribution in [0.25, 0.3) is 0 Å². The highest BCUT2D eigenvalue weighted by Crippen LogP contribution is 2.41. The van der Waals surface area contributed by atoms with Crippen LogP contribution < -0.4 is 4.74 Å². The second-order valence-electron chi connectivity index (χ2n) is 10.8. The first-order valence-corrected chi connectivity index (χ1v) is 14.4. The summed E-state index contributed by atoms with van der Waals surface area (Å²) in [5.41, 5.74) is 0.0608. The number of amides is 3. The molecule has 0 unspecified atom stereocenters. The maximum Gasteiger partial charge on any atom is 0.343 e. The first kappa shape index (κ1) is 30.8. The average Bonchev–Trinajstić information content (AvgIpc) is 3.25. The molecule has 3 aromatic rings. The maximum absolute atomic E-state index is 13.7. The van der Waals surface area contributed by atoms with Crippen molar-refractivity contribution >= 4 is 58.4 Å². The lowest BCUT2D eigenvalue weighted by Crippen LogP contribution is -2.52. The van der Waals surface area contributed by atoms with Gasteiger partial charge in [0.05, 0.1) is 32.4 Å². The zero-order chi connectivity index (χ0) is 31.7. The molecule has 0 aromatic heterocycles. The van der Waals surface area contributed by atoms with E-state index >= 15 is 0 Å². The summed E-state index contributed by atoms with van der Waals surface area (Å²) in [6.07, 6.45) is 1.79. The molecule has 3 atom stereocenters. The number of hydrogen-bond donors (Lipinski definition) is 0. The number of nitrogens with zero attached hydrogens (tertiary/aromatic N) is 3. The molecule has 1 aliphatic carbocycles. The van der Waals surface area contributed by atoms with Crippen LogP contribution in [0.5, 0.6) is 5.75 Å². The number of ether oxygens (including phenoxy) is 1. The predicted molar refractivity (Wildman–Crippen MR) is 158 cm³/mol. The molecule has 3 amide bonds. The van der Waals surface area contributed by atoms with Crippen molar-refractivity contribution in [2.45, 2.75) is 26.2 Å². The highest BCUT2D eigenvalue weighted by Gasteiger charge is 2.52. The van der Waals surface area contributed by atoms with Crippen molar-refractivity contribution in [3.63, 3.8) is 0 Å². The van der Waals surface area contributed by atoms with E-state index in [0.717, 1.165) is 16.4 Å². The number of carbonyl (C=O) groups is 5. The van der Waals surface area contributed by atoms with E-state index in [9.17, 15) is 34.1 Å². The summed E-state index contributed by atoms with van der Waals surface area (Å²) in [5.74, 6) is -3.99. The Kier molecular flexibility index (Phi) is 8.80. The minimum Gasteiger partial charge on any atom is -0.423 e. The number of halogens is 2. The number of nitro groups is 1. The summed E-state index contributed by atoms with van der Waals surface area (Å²) in [6.45, 7) is 1.37. The Hall–Kier alpha value is -4.61. The molecule has 11 nitrogen and oxygen atoms in total. The number of non-ortho nitro benzene ring substituents is 1. The largest absolute Gasteiger partial charge is 0.423 e. The van der Waals surface area contributed by atoms with E-state index in [1.54, 1.807) is 0 Å². The van der Waals surface area contributed by atoms with Gasteiger partial charge in [-0.3, -0.25) is 29.3 Å². The van der Waals surface area contributed by atoms with Gasteiger partial charge >= 0.3 is 5.97 Å². The Balaban J connectivity index is 1.36. The summed E-state index contributed by atoms with van der Waals surface area (Å²) in [6, 6.07) is 14.4. The van der Waals surface area contributed by atoms with Crippen LogP contribution in [0.2, 0.25) is 10.0 Å². The van der Waals surface area contributed by atoms with Crippen molar-refractivity contribution in [2.24, 2.45) is 17.8 Å². The van der Waals surface area contributed by atoms with Crippen LogP contribution in [-0.2, 0) is 9.59 Å². The van der Waals surface area contributed by atoms with Crippen molar-refractivity contribution < 1.29 is 33.6 Å². The zero-order valence-corrected chi connectivity index (χ0v) is 24.8. The van der Waals surface area contributed by atoms with Crippen LogP contribution in [0.4, 0.5) is 5.69 Å². The number of ketones is 1. The lowest BCUT2D eigenvalue weighted by atomic mass is 9.76. The standard InChI is InChI=1S/C31H25Cl2N3O8/c1-17-2-12-23-24(14-17)30(40)35(29(23)39)34(28(38)20-7-13-25(32)26(33)15-20)16-27(37)18-5-10-22(11-6-18)44-31(41)19-3-8-21(9-4-19)36(42)43/h3-11,13,15,17,23-24H,2,12,14,16H2,1H3/t17-,23+,24-/m1/s1. The first-order chi connectivity index (χ1) is 20.9. The molecule has 1 aliphatic heterocycles.